The molecular weight excluding hydrogens is 294 g/mol. The molecule has 0 fully saturated rings. The summed E-state index contributed by atoms with van der Waals surface area (Å²) < 4.78 is 0. The highest BCUT2D eigenvalue weighted by molar-refractivity contribution is 7.11. The molecule has 0 radical (unpaired) electrons. The predicted molar refractivity (Wildman–Crippen MR) is 81.3 cm³/mol. The maximum absolute atomic E-state index is 12.3. The Bertz CT molecular complexity index is 607. The van der Waals surface area contributed by atoms with Crippen molar-refractivity contribution in [2.24, 2.45) is 0 Å². The third-order valence-corrected chi connectivity index (χ3v) is 4.56. The van der Waals surface area contributed by atoms with Gasteiger partial charge < -0.3 is 5.32 Å². The fourth-order valence-electron chi connectivity index (χ4n) is 1.78. The summed E-state index contributed by atoms with van der Waals surface area (Å²) in [5, 5.41) is 4.26. The maximum Gasteiger partial charge on any atom is 0.253 e. The third-order valence-electron chi connectivity index (χ3n) is 3.07. The van der Waals surface area contributed by atoms with Gasteiger partial charge in [-0.1, -0.05) is 18.5 Å². The van der Waals surface area contributed by atoms with E-state index in [0.717, 1.165) is 17.1 Å². The first-order valence-electron chi connectivity index (χ1n) is 6.37. The molecule has 20 heavy (non-hydrogen) atoms. The second-order valence-electron chi connectivity index (χ2n) is 4.48. The first-order chi connectivity index (χ1) is 9.52. The molecule has 106 valence electrons. The van der Waals surface area contributed by atoms with Crippen molar-refractivity contribution < 1.29 is 4.79 Å². The average molecular weight is 310 g/mol. The van der Waals surface area contributed by atoms with E-state index in [9.17, 15) is 4.79 Å². The Balaban J connectivity index is 2.18. The Morgan fingerprint density at radius 3 is 2.80 bits per heavy atom. The van der Waals surface area contributed by atoms with E-state index in [0.29, 0.717) is 10.6 Å². The molecule has 2 aromatic heterocycles. The Morgan fingerprint density at radius 2 is 2.25 bits per heavy atom. The van der Waals surface area contributed by atoms with Crippen LogP contribution in [0.4, 0.5) is 0 Å². The second-order valence-corrected chi connectivity index (χ2v) is 6.13. The van der Waals surface area contributed by atoms with Gasteiger partial charge in [0.15, 0.2) is 0 Å². The van der Waals surface area contributed by atoms with Crippen LogP contribution < -0.4 is 5.32 Å². The molecule has 6 heteroatoms. The van der Waals surface area contributed by atoms with Crippen LogP contribution in [0.5, 0.6) is 0 Å². The smallest absolute Gasteiger partial charge is 0.253 e. The predicted octanol–water partition coefficient (Wildman–Crippen LogP) is 3.69. The molecule has 2 rings (SSSR count). The van der Waals surface area contributed by atoms with Crippen molar-refractivity contribution in [3.05, 3.63) is 44.6 Å². The number of carbonyl (C=O) groups excluding carboxylic acids is 1. The largest absolute Gasteiger partial charge is 0.343 e. The van der Waals surface area contributed by atoms with Crippen LogP contribution in [0.15, 0.2) is 18.5 Å². The highest BCUT2D eigenvalue weighted by atomic mass is 35.5. The molecule has 0 aliphatic rings. The van der Waals surface area contributed by atoms with Crippen LogP contribution >= 0.6 is 22.9 Å². The number of rotatable bonds is 4. The summed E-state index contributed by atoms with van der Waals surface area (Å²) in [5.74, 6) is -0.199. The Morgan fingerprint density at radius 1 is 1.50 bits per heavy atom. The van der Waals surface area contributed by atoms with E-state index in [2.05, 4.69) is 15.3 Å². The van der Waals surface area contributed by atoms with Crippen LogP contribution in [-0.4, -0.2) is 15.9 Å². The molecule has 4 nitrogen and oxygen atoms in total. The lowest BCUT2D eigenvalue weighted by molar-refractivity contribution is 0.0935. The molecule has 0 aromatic carbocycles. The number of nitrogens with zero attached hydrogens (tertiary/aromatic N) is 2. The third kappa shape index (κ3) is 3.16. The molecule has 1 atom stereocenters. The summed E-state index contributed by atoms with van der Waals surface area (Å²) in [7, 11) is 0. The molecule has 1 N–H and O–H groups in total. The summed E-state index contributed by atoms with van der Waals surface area (Å²) in [6.45, 7) is 6.03. The summed E-state index contributed by atoms with van der Waals surface area (Å²) in [5.41, 5.74) is 1.45. The van der Waals surface area contributed by atoms with Gasteiger partial charge in [0.05, 0.1) is 22.3 Å². The van der Waals surface area contributed by atoms with Crippen LogP contribution in [0.1, 0.15) is 45.3 Å². The lowest BCUT2D eigenvalue weighted by Crippen LogP contribution is -2.28. The standard InChI is InChI=1S/C14H16ClN3OS/c1-4-12(14-17-8(2)9(3)20-14)18-13(19)10-5-6-16-7-11(10)15/h5-7,12H,4H2,1-3H3,(H,18,19)/t12-/m0/s1. The summed E-state index contributed by atoms with van der Waals surface area (Å²) in [6.07, 6.45) is 3.80. The molecule has 0 saturated carbocycles. The number of aryl methyl sites for hydroxylation is 2. The van der Waals surface area contributed by atoms with Gasteiger partial charge in [-0.25, -0.2) is 4.98 Å². The van der Waals surface area contributed by atoms with E-state index in [-0.39, 0.29) is 11.9 Å². The Hall–Kier alpha value is -1.46. The van der Waals surface area contributed by atoms with Gasteiger partial charge in [0.25, 0.3) is 5.91 Å². The van der Waals surface area contributed by atoms with Gasteiger partial charge in [-0.05, 0) is 26.3 Å². The van der Waals surface area contributed by atoms with E-state index in [1.165, 1.54) is 11.1 Å². The average Bonchev–Trinajstić information content (AvgIpc) is 2.76. The molecule has 1 amide bonds. The van der Waals surface area contributed by atoms with Gasteiger partial charge in [-0.2, -0.15) is 0 Å². The van der Waals surface area contributed by atoms with E-state index < -0.39 is 0 Å². The minimum atomic E-state index is -0.199. The van der Waals surface area contributed by atoms with E-state index >= 15 is 0 Å². The number of thiazole rings is 1. The van der Waals surface area contributed by atoms with Crippen LogP contribution in [0.25, 0.3) is 0 Å². The first-order valence-corrected chi connectivity index (χ1v) is 7.56. The molecule has 2 aromatic rings. The number of halogens is 1. The first kappa shape index (κ1) is 14.9. The minimum absolute atomic E-state index is 0.0934. The molecular formula is C14H16ClN3OS. The van der Waals surface area contributed by atoms with Gasteiger partial charge >= 0.3 is 0 Å². The quantitative estimate of drug-likeness (QED) is 0.937. The number of amides is 1. The van der Waals surface area contributed by atoms with Gasteiger partial charge in [0, 0.05) is 17.3 Å². The fraction of sp³-hybridized carbons (Fsp3) is 0.357. The minimum Gasteiger partial charge on any atom is -0.343 e. The lowest BCUT2D eigenvalue weighted by Gasteiger charge is -2.14. The summed E-state index contributed by atoms with van der Waals surface area (Å²) >= 11 is 7.60. The van der Waals surface area contributed by atoms with Crippen LogP contribution in [0, 0.1) is 13.8 Å². The summed E-state index contributed by atoms with van der Waals surface area (Å²) in [6, 6.07) is 1.52. The van der Waals surface area contributed by atoms with Gasteiger partial charge in [-0.3, -0.25) is 9.78 Å². The van der Waals surface area contributed by atoms with E-state index in [1.54, 1.807) is 23.6 Å². The molecule has 0 aliphatic carbocycles. The topological polar surface area (TPSA) is 54.9 Å². The van der Waals surface area contributed by atoms with Crippen LogP contribution in [0.3, 0.4) is 0 Å². The number of hydrogen-bond donors (Lipinski definition) is 1. The number of hydrogen-bond acceptors (Lipinski definition) is 4. The highest BCUT2D eigenvalue weighted by Crippen LogP contribution is 2.25. The molecule has 0 unspecified atom stereocenters. The van der Waals surface area contributed by atoms with Crippen molar-refractivity contribution in [1.29, 1.82) is 0 Å². The molecule has 0 aliphatic heterocycles. The molecule has 2 heterocycles. The molecule has 0 bridgehead atoms. The number of aromatic nitrogens is 2. The van der Waals surface area contributed by atoms with Crippen molar-refractivity contribution in [2.75, 3.05) is 0 Å². The zero-order chi connectivity index (χ0) is 14.7. The van der Waals surface area contributed by atoms with Crippen molar-refractivity contribution >= 4 is 28.8 Å². The SMILES string of the molecule is CC[C@H](NC(=O)c1ccncc1Cl)c1nc(C)c(C)s1. The number of pyridine rings is 1. The van der Waals surface area contributed by atoms with E-state index in [4.69, 9.17) is 11.6 Å². The van der Waals surface area contributed by atoms with Crippen LogP contribution in [-0.2, 0) is 0 Å². The highest BCUT2D eigenvalue weighted by Gasteiger charge is 2.19. The van der Waals surface area contributed by atoms with E-state index in [1.807, 2.05) is 20.8 Å². The fourth-order valence-corrected chi connectivity index (χ4v) is 3.04. The summed E-state index contributed by atoms with van der Waals surface area (Å²) in [4.78, 5) is 21.8. The monoisotopic (exact) mass is 309 g/mol. The van der Waals surface area contributed by atoms with Crippen LogP contribution in [0.2, 0.25) is 5.02 Å². The zero-order valence-electron chi connectivity index (χ0n) is 11.6. The number of carbonyl (C=O) groups is 1. The van der Waals surface area contributed by atoms with Crippen molar-refractivity contribution in [3.63, 3.8) is 0 Å². The van der Waals surface area contributed by atoms with Crippen molar-refractivity contribution in [1.82, 2.24) is 15.3 Å². The second kappa shape index (κ2) is 6.33. The molecule has 0 spiro atoms. The number of nitrogens with one attached hydrogen (secondary N) is 1. The normalized spacial score (nSPS) is 12.2. The Kier molecular flexibility index (Phi) is 4.73. The van der Waals surface area contributed by atoms with Crippen molar-refractivity contribution in [2.45, 2.75) is 33.2 Å². The molecule has 0 saturated heterocycles. The van der Waals surface area contributed by atoms with Gasteiger partial charge in [-0.15, -0.1) is 11.3 Å². The lowest BCUT2D eigenvalue weighted by atomic mass is 10.2. The Labute approximate surface area is 127 Å². The van der Waals surface area contributed by atoms with Gasteiger partial charge in [0.1, 0.15) is 5.01 Å². The zero-order valence-corrected chi connectivity index (χ0v) is 13.2. The van der Waals surface area contributed by atoms with Gasteiger partial charge in [0.2, 0.25) is 0 Å². The maximum atomic E-state index is 12.3. The van der Waals surface area contributed by atoms with Crippen molar-refractivity contribution in [3.8, 4) is 0 Å².